The van der Waals surface area contributed by atoms with Crippen LogP contribution in [-0.2, 0) is 26.3 Å². The summed E-state index contributed by atoms with van der Waals surface area (Å²) in [6.07, 6.45) is 2.30. The van der Waals surface area contributed by atoms with Crippen LogP contribution in [0, 0.1) is 0 Å². The molecule has 4 rings (SSSR count). The molecule has 4 aromatic carbocycles. The van der Waals surface area contributed by atoms with Crippen LogP contribution in [0.15, 0.2) is 109 Å². The molecule has 4 heteroatoms. The molecule has 36 heavy (non-hydrogen) atoms. The van der Waals surface area contributed by atoms with Crippen molar-refractivity contribution < 1.29 is 9.47 Å². The molecule has 2 N–H and O–H groups in total. The smallest absolute Gasteiger partial charge is 0.119 e. The highest BCUT2D eigenvalue weighted by Crippen LogP contribution is 2.15. The predicted octanol–water partition coefficient (Wildman–Crippen LogP) is 6.50. The first-order valence-electron chi connectivity index (χ1n) is 12.8. The second-order valence-electron chi connectivity index (χ2n) is 8.90. The summed E-state index contributed by atoms with van der Waals surface area (Å²) in [6.45, 7) is 4.99. The molecule has 4 aromatic rings. The minimum atomic E-state index is 0.598. The zero-order valence-electron chi connectivity index (χ0n) is 20.9. The highest BCUT2D eigenvalue weighted by Gasteiger charge is 1.99. The summed E-state index contributed by atoms with van der Waals surface area (Å²) in [5.41, 5.74) is 4.91. The van der Waals surface area contributed by atoms with Crippen molar-refractivity contribution in [3.63, 3.8) is 0 Å². The van der Waals surface area contributed by atoms with Crippen molar-refractivity contribution in [2.75, 3.05) is 13.1 Å². The standard InChI is InChI=1S/C32H36N2O2/c1-3-9-29(10-4-1)25-35-31-17-13-27(14-18-31)23-33-21-7-8-22-34-24-28-15-19-32(20-16-28)36-26-30-11-5-2-6-12-30/h1-6,9-20,33-34H,7-8,21-26H2. The molecule has 0 heterocycles. The van der Waals surface area contributed by atoms with Crippen LogP contribution in [0.5, 0.6) is 11.5 Å². The van der Waals surface area contributed by atoms with E-state index in [4.69, 9.17) is 9.47 Å². The first-order chi connectivity index (χ1) is 17.8. The van der Waals surface area contributed by atoms with Gasteiger partial charge in [-0.3, -0.25) is 0 Å². The van der Waals surface area contributed by atoms with E-state index in [1.807, 2.05) is 60.7 Å². The van der Waals surface area contributed by atoms with E-state index in [1.54, 1.807) is 0 Å². The number of nitrogens with one attached hydrogen (secondary N) is 2. The lowest BCUT2D eigenvalue weighted by Crippen LogP contribution is -2.18. The summed E-state index contributed by atoms with van der Waals surface area (Å²) in [6, 6.07) is 37.2. The molecule has 0 saturated carbocycles. The van der Waals surface area contributed by atoms with Crippen LogP contribution in [0.4, 0.5) is 0 Å². The molecule has 4 nitrogen and oxygen atoms in total. The Morgan fingerprint density at radius 1 is 0.417 bits per heavy atom. The lowest BCUT2D eigenvalue weighted by Gasteiger charge is -2.09. The van der Waals surface area contributed by atoms with E-state index in [0.29, 0.717) is 13.2 Å². The Hall–Kier alpha value is -3.60. The maximum Gasteiger partial charge on any atom is 0.119 e. The Bertz CT molecular complexity index is 1020. The van der Waals surface area contributed by atoms with Crippen molar-refractivity contribution in [3.8, 4) is 11.5 Å². The second-order valence-corrected chi connectivity index (χ2v) is 8.90. The van der Waals surface area contributed by atoms with Gasteiger partial charge in [0.1, 0.15) is 24.7 Å². The van der Waals surface area contributed by atoms with Gasteiger partial charge in [0, 0.05) is 13.1 Å². The summed E-state index contributed by atoms with van der Waals surface area (Å²) in [5, 5.41) is 7.07. The highest BCUT2D eigenvalue weighted by atomic mass is 16.5. The Labute approximate surface area is 215 Å². The Morgan fingerprint density at radius 3 is 1.19 bits per heavy atom. The third-order valence-corrected chi connectivity index (χ3v) is 5.96. The average Bonchev–Trinajstić information content (AvgIpc) is 2.94. The van der Waals surface area contributed by atoms with Gasteiger partial charge in [0.2, 0.25) is 0 Å². The minimum absolute atomic E-state index is 0.598. The molecular weight excluding hydrogens is 444 g/mol. The van der Waals surface area contributed by atoms with E-state index in [1.165, 1.54) is 22.3 Å². The van der Waals surface area contributed by atoms with E-state index >= 15 is 0 Å². The number of unbranched alkanes of at least 4 members (excludes halogenated alkanes) is 1. The van der Waals surface area contributed by atoms with Gasteiger partial charge in [-0.25, -0.2) is 0 Å². The van der Waals surface area contributed by atoms with Gasteiger partial charge < -0.3 is 20.1 Å². The van der Waals surface area contributed by atoms with Crippen LogP contribution in [0.3, 0.4) is 0 Å². The van der Waals surface area contributed by atoms with E-state index in [0.717, 1.165) is 50.5 Å². The van der Waals surface area contributed by atoms with Crippen LogP contribution in [0.2, 0.25) is 0 Å². The molecule has 0 saturated heterocycles. The summed E-state index contributed by atoms with van der Waals surface area (Å²) in [5.74, 6) is 1.81. The zero-order chi connectivity index (χ0) is 24.7. The molecule has 0 radical (unpaired) electrons. The van der Waals surface area contributed by atoms with Gasteiger partial charge in [0.25, 0.3) is 0 Å². The topological polar surface area (TPSA) is 42.5 Å². The average molecular weight is 481 g/mol. The SMILES string of the molecule is c1ccc(COc2ccc(CNCCCCNCc3ccc(OCc4ccccc4)cc3)cc2)cc1. The van der Waals surface area contributed by atoms with Crippen LogP contribution in [-0.4, -0.2) is 13.1 Å². The summed E-state index contributed by atoms with van der Waals surface area (Å²) < 4.78 is 11.7. The van der Waals surface area contributed by atoms with Crippen molar-refractivity contribution in [1.29, 1.82) is 0 Å². The van der Waals surface area contributed by atoms with Crippen LogP contribution in [0.1, 0.15) is 35.1 Å². The van der Waals surface area contributed by atoms with Gasteiger partial charge in [-0.1, -0.05) is 84.9 Å². The number of benzene rings is 4. The lowest BCUT2D eigenvalue weighted by molar-refractivity contribution is 0.306. The van der Waals surface area contributed by atoms with E-state index in [-0.39, 0.29) is 0 Å². The molecule has 0 aliphatic heterocycles. The molecule has 0 fully saturated rings. The number of hydrogen-bond acceptors (Lipinski definition) is 4. The molecule has 0 spiro atoms. The summed E-state index contributed by atoms with van der Waals surface area (Å²) in [4.78, 5) is 0. The fraction of sp³-hybridized carbons (Fsp3) is 0.250. The van der Waals surface area contributed by atoms with Crippen molar-refractivity contribution in [2.24, 2.45) is 0 Å². The Kier molecular flexibility index (Phi) is 10.4. The molecule has 0 aliphatic carbocycles. The van der Waals surface area contributed by atoms with E-state index < -0.39 is 0 Å². The van der Waals surface area contributed by atoms with Crippen LogP contribution >= 0.6 is 0 Å². The van der Waals surface area contributed by atoms with Crippen LogP contribution in [0.25, 0.3) is 0 Å². The third kappa shape index (κ3) is 9.21. The fourth-order valence-electron chi connectivity index (χ4n) is 3.85. The largest absolute Gasteiger partial charge is 0.489 e. The van der Waals surface area contributed by atoms with Crippen molar-refractivity contribution in [2.45, 2.75) is 39.1 Å². The zero-order valence-corrected chi connectivity index (χ0v) is 20.9. The van der Waals surface area contributed by atoms with Gasteiger partial charge in [-0.15, -0.1) is 0 Å². The van der Waals surface area contributed by atoms with Crippen molar-refractivity contribution >= 4 is 0 Å². The van der Waals surface area contributed by atoms with Crippen molar-refractivity contribution in [3.05, 3.63) is 131 Å². The molecule has 0 bridgehead atoms. The van der Waals surface area contributed by atoms with E-state index in [2.05, 4.69) is 59.2 Å². The second kappa shape index (κ2) is 14.7. The molecule has 186 valence electrons. The molecular formula is C32H36N2O2. The van der Waals surface area contributed by atoms with Gasteiger partial charge in [0.05, 0.1) is 0 Å². The minimum Gasteiger partial charge on any atom is -0.489 e. The number of hydrogen-bond donors (Lipinski definition) is 2. The fourth-order valence-corrected chi connectivity index (χ4v) is 3.85. The molecule has 0 atom stereocenters. The molecule has 0 unspecified atom stereocenters. The summed E-state index contributed by atoms with van der Waals surface area (Å²) in [7, 11) is 0. The first kappa shape index (κ1) is 25.5. The predicted molar refractivity (Wildman–Crippen MR) is 147 cm³/mol. The first-order valence-corrected chi connectivity index (χ1v) is 12.8. The Morgan fingerprint density at radius 2 is 0.806 bits per heavy atom. The molecule has 0 aliphatic rings. The lowest BCUT2D eigenvalue weighted by atomic mass is 10.2. The van der Waals surface area contributed by atoms with Gasteiger partial charge in [-0.05, 0) is 72.5 Å². The Balaban J connectivity index is 1.02. The maximum absolute atomic E-state index is 5.86. The molecule has 0 amide bonds. The van der Waals surface area contributed by atoms with Gasteiger partial charge >= 0.3 is 0 Å². The van der Waals surface area contributed by atoms with E-state index in [9.17, 15) is 0 Å². The van der Waals surface area contributed by atoms with Gasteiger partial charge in [-0.2, -0.15) is 0 Å². The number of ether oxygens (including phenoxy) is 2. The van der Waals surface area contributed by atoms with Gasteiger partial charge in [0.15, 0.2) is 0 Å². The third-order valence-electron chi connectivity index (χ3n) is 5.96. The number of rotatable bonds is 15. The monoisotopic (exact) mass is 480 g/mol. The summed E-state index contributed by atoms with van der Waals surface area (Å²) >= 11 is 0. The molecule has 0 aromatic heterocycles. The quantitative estimate of drug-likeness (QED) is 0.191. The highest BCUT2D eigenvalue weighted by molar-refractivity contribution is 5.28. The normalized spacial score (nSPS) is 10.8. The maximum atomic E-state index is 5.86. The van der Waals surface area contributed by atoms with Crippen molar-refractivity contribution in [1.82, 2.24) is 10.6 Å². The van der Waals surface area contributed by atoms with Crippen LogP contribution < -0.4 is 20.1 Å².